The van der Waals surface area contributed by atoms with Gasteiger partial charge in [-0.2, -0.15) is 5.10 Å². The van der Waals surface area contributed by atoms with Crippen molar-refractivity contribution in [2.45, 2.75) is 11.4 Å². The number of aryl methyl sites for hydroxylation is 1. The molecule has 0 fully saturated rings. The molecule has 1 heterocycles. The third-order valence-corrected chi connectivity index (χ3v) is 4.77. The van der Waals surface area contributed by atoms with E-state index in [2.05, 4.69) is 5.10 Å². The zero-order chi connectivity index (χ0) is 14.6. The van der Waals surface area contributed by atoms with Crippen LogP contribution in [0.15, 0.2) is 47.6 Å². The molecule has 5 nitrogen and oxygen atoms in total. The zero-order valence-corrected chi connectivity index (χ0v) is 12.5. The maximum absolute atomic E-state index is 12.2. The molecule has 108 valence electrons. The molecule has 0 spiro atoms. The fourth-order valence-electron chi connectivity index (χ4n) is 1.97. The molecule has 0 unspecified atom stereocenters. The van der Waals surface area contributed by atoms with Crippen LogP contribution >= 0.6 is 0 Å². The van der Waals surface area contributed by atoms with Crippen molar-refractivity contribution in [3.8, 4) is 0 Å². The van der Waals surface area contributed by atoms with Crippen LogP contribution < -0.4 is 0 Å². The second-order valence-electron chi connectivity index (χ2n) is 4.89. The molecule has 0 radical (unpaired) electrons. The van der Waals surface area contributed by atoms with Gasteiger partial charge in [-0.15, -0.1) is 0 Å². The highest BCUT2D eigenvalue weighted by Crippen LogP contribution is 2.10. The van der Waals surface area contributed by atoms with Crippen LogP contribution in [0.2, 0.25) is 0 Å². The summed E-state index contributed by atoms with van der Waals surface area (Å²) in [6.45, 7) is 1.18. The molecule has 2 rings (SSSR count). The second-order valence-corrected chi connectivity index (χ2v) is 7.00. The average molecular weight is 293 g/mol. The summed E-state index contributed by atoms with van der Waals surface area (Å²) in [6.07, 6.45) is 3.73. The Kier molecular flexibility index (Phi) is 4.57. The van der Waals surface area contributed by atoms with E-state index < -0.39 is 9.84 Å². The van der Waals surface area contributed by atoms with E-state index in [1.54, 1.807) is 35.1 Å². The van der Waals surface area contributed by atoms with Gasteiger partial charge in [-0.25, -0.2) is 8.42 Å². The highest BCUT2D eigenvalue weighted by molar-refractivity contribution is 7.91. The smallest absolute Gasteiger partial charge is 0.179 e. The Labute approximate surface area is 119 Å². The Hall–Kier alpha value is -1.66. The van der Waals surface area contributed by atoms with Gasteiger partial charge < -0.3 is 4.90 Å². The van der Waals surface area contributed by atoms with Crippen LogP contribution in [0, 0.1) is 0 Å². The predicted molar refractivity (Wildman–Crippen MR) is 78.0 cm³/mol. The van der Waals surface area contributed by atoms with Crippen LogP contribution in [-0.2, 0) is 23.4 Å². The zero-order valence-electron chi connectivity index (χ0n) is 11.7. The predicted octanol–water partition coefficient (Wildman–Crippen LogP) is 1.33. The van der Waals surface area contributed by atoms with Gasteiger partial charge in [0, 0.05) is 31.9 Å². The molecule has 0 aliphatic heterocycles. The number of nitrogens with zero attached hydrogens (tertiary/aromatic N) is 3. The molecular weight excluding hydrogens is 274 g/mol. The molecule has 0 bridgehead atoms. The van der Waals surface area contributed by atoms with Crippen LogP contribution in [0.3, 0.4) is 0 Å². The molecule has 6 heteroatoms. The first-order chi connectivity index (χ1) is 9.47. The van der Waals surface area contributed by atoms with Gasteiger partial charge in [-0.05, 0) is 19.2 Å². The summed E-state index contributed by atoms with van der Waals surface area (Å²) in [5, 5.41) is 4.10. The Morgan fingerprint density at radius 3 is 2.55 bits per heavy atom. The van der Waals surface area contributed by atoms with Gasteiger partial charge in [0.2, 0.25) is 0 Å². The van der Waals surface area contributed by atoms with Gasteiger partial charge >= 0.3 is 0 Å². The van der Waals surface area contributed by atoms with Crippen LogP contribution in [0.1, 0.15) is 5.56 Å². The lowest BCUT2D eigenvalue weighted by atomic mass is 10.3. The maximum Gasteiger partial charge on any atom is 0.179 e. The van der Waals surface area contributed by atoms with Gasteiger partial charge in [-0.3, -0.25) is 4.68 Å². The number of aromatic nitrogens is 2. The van der Waals surface area contributed by atoms with Crippen molar-refractivity contribution >= 4 is 9.84 Å². The van der Waals surface area contributed by atoms with Crippen LogP contribution in [0.4, 0.5) is 0 Å². The SMILES string of the molecule is CN(CCS(=O)(=O)c1ccccc1)Cc1cnn(C)c1. The third kappa shape index (κ3) is 3.91. The molecule has 2 aromatic rings. The molecular formula is C14H19N3O2S. The molecule has 0 saturated carbocycles. The number of hydrogen-bond donors (Lipinski definition) is 0. The third-order valence-electron chi connectivity index (χ3n) is 3.05. The summed E-state index contributed by atoms with van der Waals surface area (Å²) in [6, 6.07) is 8.57. The topological polar surface area (TPSA) is 55.2 Å². The van der Waals surface area contributed by atoms with Crippen molar-refractivity contribution in [1.29, 1.82) is 0 Å². The molecule has 1 aromatic heterocycles. The largest absolute Gasteiger partial charge is 0.301 e. The quantitative estimate of drug-likeness (QED) is 0.806. The normalized spacial score (nSPS) is 11.9. The summed E-state index contributed by atoms with van der Waals surface area (Å²) < 4.78 is 26.0. The lowest BCUT2D eigenvalue weighted by molar-refractivity contribution is 0.346. The molecule has 0 atom stereocenters. The Balaban J connectivity index is 1.91. The highest BCUT2D eigenvalue weighted by atomic mass is 32.2. The van der Waals surface area contributed by atoms with E-state index in [-0.39, 0.29) is 5.75 Å². The molecule has 0 N–H and O–H groups in total. The maximum atomic E-state index is 12.2. The van der Waals surface area contributed by atoms with Crippen molar-refractivity contribution in [3.63, 3.8) is 0 Å². The van der Waals surface area contributed by atoms with Crippen molar-refractivity contribution in [2.24, 2.45) is 7.05 Å². The monoisotopic (exact) mass is 293 g/mol. The molecule has 0 aliphatic rings. The van der Waals surface area contributed by atoms with E-state index in [9.17, 15) is 8.42 Å². The fraction of sp³-hybridized carbons (Fsp3) is 0.357. The van der Waals surface area contributed by atoms with Gasteiger partial charge in [0.05, 0.1) is 16.8 Å². The lowest BCUT2D eigenvalue weighted by Gasteiger charge is -2.15. The number of rotatable bonds is 6. The highest BCUT2D eigenvalue weighted by Gasteiger charge is 2.15. The van der Waals surface area contributed by atoms with E-state index in [4.69, 9.17) is 0 Å². The minimum Gasteiger partial charge on any atom is -0.301 e. The van der Waals surface area contributed by atoms with Gasteiger partial charge in [0.25, 0.3) is 0 Å². The standard InChI is InChI=1S/C14H19N3O2S/c1-16(11-13-10-15-17(2)12-13)8-9-20(18,19)14-6-4-3-5-7-14/h3-7,10,12H,8-9,11H2,1-2H3. The Morgan fingerprint density at radius 1 is 1.25 bits per heavy atom. The number of hydrogen-bond acceptors (Lipinski definition) is 4. The summed E-state index contributed by atoms with van der Waals surface area (Å²) in [7, 11) is 0.570. The van der Waals surface area contributed by atoms with Gasteiger partial charge in [-0.1, -0.05) is 18.2 Å². The summed E-state index contributed by atoms with van der Waals surface area (Å²) in [5.74, 6) is 0.119. The van der Waals surface area contributed by atoms with Crippen molar-refractivity contribution in [3.05, 3.63) is 48.3 Å². The molecule has 0 aliphatic carbocycles. The summed E-state index contributed by atoms with van der Waals surface area (Å²) >= 11 is 0. The summed E-state index contributed by atoms with van der Waals surface area (Å²) in [5.41, 5.74) is 1.08. The van der Waals surface area contributed by atoms with E-state index in [1.165, 1.54) is 0 Å². The van der Waals surface area contributed by atoms with Crippen LogP contribution in [-0.4, -0.2) is 42.4 Å². The molecule has 1 aromatic carbocycles. The van der Waals surface area contributed by atoms with E-state index in [0.29, 0.717) is 18.0 Å². The Morgan fingerprint density at radius 2 is 1.95 bits per heavy atom. The van der Waals surface area contributed by atoms with Crippen LogP contribution in [0.5, 0.6) is 0 Å². The van der Waals surface area contributed by atoms with Gasteiger partial charge in [0.1, 0.15) is 0 Å². The average Bonchev–Trinajstić information content (AvgIpc) is 2.83. The van der Waals surface area contributed by atoms with E-state index in [0.717, 1.165) is 5.56 Å². The van der Waals surface area contributed by atoms with Gasteiger partial charge in [0.15, 0.2) is 9.84 Å². The first kappa shape index (κ1) is 14.7. The molecule has 0 saturated heterocycles. The first-order valence-electron chi connectivity index (χ1n) is 6.41. The minimum absolute atomic E-state index is 0.119. The number of benzene rings is 1. The molecule has 0 amide bonds. The minimum atomic E-state index is -3.20. The summed E-state index contributed by atoms with van der Waals surface area (Å²) in [4.78, 5) is 2.37. The van der Waals surface area contributed by atoms with E-state index in [1.807, 2.05) is 31.3 Å². The Bertz CT molecular complexity index is 650. The second kappa shape index (κ2) is 6.19. The van der Waals surface area contributed by atoms with Crippen molar-refractivity contribution in [1.82, 2.24) is 14.7 Å². The first-order valence-corrected chi connectivity index (χ1v) is 8.06. The lowest BCUT2D eigenvalue weighted by Crippen LogP contribution is -2.25. The fourth-order valence-corrected chi connectivity index (χ4v) is 3.33. The van der Waals surface area contributed by atoms with E-state index >= 15 is 0 Å². The molecule has 20 heavy (non-hydrogen) atoms. The number of sulfone groups is 1. The van der Waals surface area contributed by atoms with Crippen molar-refractivity contribution < 1.29 is 8.42 Å². The van der Waals surface area contributed by atoms with Crippen molar-refractivity contribution in [2.75, 3.05) is 19.3 Å². The van der Waals surface area contributed by atoms with Crippen LogP contribution in [0.25, 0.3) is 0 Å².